The predicted molar refractivity (Wildman–Crippen MR) is 133 cm³/mol. The highest BCUT2D eigenvalue weighted by Crippen LogP contribution is 2.67. The average molecular weight is 476 g/mol. The summed E-state index contributed by atoms with van der Waals surface area (Å²) in [5, 5.41) is 1.12. The molecule has 9 heteroatoms. The Morgan fingerprint density at radius 2 is 0.806 bits per heavy atom. The monoisotopic (exact) mass is 476 g/mol. The molecule has 0 aliphatic heterocycles. The van der Waals surface area contributed by atoms with Gasteiger partial charge in [-0.2, -0.15) is 0 Å². The van der Waals surface area contributed by atoms with Crippen LogP contribution < -0.4 is 14.2 Å². The van der Waals surface area contributed by atoms with Gasteiger partial charge in [0.15, 0.2) is 0 Å². The van der Waals surface area contributed by atoms with Crippen LogP contribution in [-0.2, 0) is 18.1 Å². The molecule has 0 saturated carbocycles. The highest BCUT2D eigenvalue weighted by atomic mass is 31.2. The van der Waals surface area contributed by atoms with Crippen molar-refractivity contribution in [1.29, 1.82) is 0 Å². The van der Waals surface area contributed by atoms with Crippen LogP contribution in [0, 0.1) is 0 Å². The largest absolute Gasteiger partial charge is 0.321 e. The Morgan fingerprint density at radius 1 is 0.484 bits per heavy atom. The number of nitrogens with zero attached hydrogens (tertiary/aromatic N) is 2. The van der Waals surface area contributed by atoms with Crippen LogP contribution in [0.15, 0.2) is 91.0 Å². The molecule has 0 aromatic heterocycles. The zero-order valence-electron chi connectivity index (χ0n) is 18.0. The minimum absolute atomic E-state index is 0.996. The van der Waals surface area contributed by atoms with Gasteiger partial charge in [-0.15, -0.1) is 0 Å². The van der Waals surface area contributed by atoms with Crippen molar-refractivity contribution in [3.63, 3.8) is 0 Å². The van der Waals surface area contributed by atoms with Gasteiger partial charge in [0.25, 0.3) is 17.1 Å². The first kappa shape index (κ1) is 24.0. The summed E-state index contributed by atoms with van der Waals surface area (Å²) in [6.45, 7) is 0. The van der Waals surface area contributed by atoms with Gasteiger partial charge in [0.05, 0.1) is 0 Å². The smallest absolute Gasteiger partial charge is 0.294 e. The topological polar surface area (TPSA) is 43.4 Å². The normalized spacial score (nSPS) is 11.3. The quantitative estimate of drug-likeness (QED) is 0.288. The van der Waals surface area contributed by atoms with Gasteiger partial charge < -0.3 is 18.1 Å². The molecule has 0 spiro atoms. The molecule has 3 aromatic rings. The van der Waals surface area contributed by atoms with Crippen molar-refractivity contribution in [2.24, 2.45) is 0 Å². The van der Waals surface area contributed by atoms with Gasteiger partial charge in [-0.1, -0.05) is 66.7 Å². The van der Waals surface area contributed by atoms with Crippen LogP contribution in [-0.4, -0.2) is 28.4 Å². The number of benzene rings is 3. The number of anilines is 2. The molecule has 3 aromatic carbocycles. The minimum atomic E-state index is -1.40. The van der Waals surface area contributed by atoms with Crippen LogP contribution in [0.4, 0.5) is 11.4 Å². The first-order valence-corrected chi connectivity index (χ1v) is 13.1. The van der Waals surface area contributed by atoms with Crippen molar-refractivity contribution in [2.45, 2.75) is 0 Å². The molecule has 31 heavy (non-hydrogen) atoms. The minimum Gasteiger partial charge on any atom is -0.321 e. The fraction of sp³-hybridized carbons (Fsp3) is 0.182. The molecular weight excluding hydrogens is 449 g/mol. The Kier molecular flexibility index (Phi) is 9.64. The second kappa shape index (κ2) is 12.4. The molecule has 0 amide bonds. The summed E-state index contributed by atoms with van der Waals surface area (Å²) in [4.78, 5) is 0. The summed E-state index contributed by atoms with van der Waals surface area (Å²) < 4.78 is 27.8. The lowest BCUT2D eigenvalue weighted by Crippen LogP contribution is -2.29. The van der Waals surface area contributed by atoms with Crippen LogP contribution in [0.5, 0.6) is 0 Å². The van der Waals surface area contributed by atoms with E-state index in [1.807, 2.05) is 54.6 Å². The maximum Gasteiger partial charge on any atom is 0.294 e. The predicted octanol–water partition coefficient (Wildman–Crippen LogP) is 6.68. The van der Waals surface area contributed by atoms with Gasteiger partial charge >= 0.3 is 0 Å². The van der Waals surface area contributed by atoms with Gasteiger partial charge in [-0.3, -0.25) is 8.88 Å². The maximum absolute atomic E-state index is 5.84. The van der Waals surface area contributed by atoms with E-state index in [-0.39, 0.29) is 0 Å². The number of hydrogen-bond donors (Lipinski definition) is 0. The Balaban J connectivity index is 2.26. The molecule has 0 N–H and O–H groups in total. The molecule has 0 atom stereocenters. The standard InChI is InChI=1S/C22H27N2O4P3/c1-25-30(26-2)23(20-14-8-5-9-15-20)29(22-18-12-7-13-19-22)24(31(27-3)28-4)21-16-10-6-11-17-21/h5-19H,1-4H3. The lowest BCUT2D eigenvalue weighted by Gasteiger charge is -2.44. The second-order valence-corrected chi connectivity index (χ2v) is 11.8. The van der Waals surface area contributed by atoms with Gasteiger partial charge in [0.1, 0.15) is 8.22 Å². The van der Waals surface area contributed by atoms with Crippen LogP contribution in [0.1, 0.15) is 0 Å². The Hall–Kier alpha value is -1.61. The Labute approximate surface area is 188 Å². The Bertz CT molecular complexity index is 830. The summed E-state index contributed by atoms with van der Waals surface area (Å²) >= 11 is 0. The van der Waals surface area contributed by atoms with E-state index in [1.54, 1.807) is 28.4 Å². The number of rotatable bonds is 11. The van der Waals surface area contributed by atoms with E-state index in [1.165, 1.54) is 0 Å². The summed E-state index contributed by atoms with van der Waals surface area (Å²) in [5.41, 5.74) is 1.99. The van der Waals surface area contributed by atoms with Crippen molar-refractivity contribution < 1.29 is 18.1 Å². The summed E-state index contributed by atoms with van der Waals surface area (Å²) in [6, 6.07) is 30.7. The fourth-order valence-corrected chi connectivity index (χ4v) is 9.56. The summed E-state index contributed by atoms with van der Waals surface area (Å²) in [6.07, 6.45) is 0. The van der Waals surface area contributed by atoms with Crippen molar-refractivity contribution in [1.82, 2.24) is 0 Å². The molecule has 6 nitrogen and oxygen atoms in total. The molecule has 0 heterocycles. The fourth-order valence-electron chi connectivity index (χ4n) is 2.99. The van der Waals surface area contributed by atoms with E-state index >= 15 is 0 Å². The Morgan fingerprint density at radius 3 is 1.13 bits per heavy atom. The third-order valence-corrected chi connectivity index (χ3v) is 10.4. The highest BCUT2D eigenvalue weighted by molar-refractivity contribution is 7.85. The van der Waals surface area contributed by atoms with Crippen LogP contribution in [0.2, 0.25) is 0 Å². The molecule has 164 valence electrons. The second-order valence-electron chi connectivity index (χ2n) is 6.08. The van der Waals surface area contributed by atoms with Crippen molar-refractivity contribution in [2.75, 3.05) is 37.3 Å². The van der Waals surface area contributed by atoms with Gasteiger partial charge in [0, 0.05) is 45.1 Å². The van der Waals surface area contributed by atoms with Crippen molar-refractivity contribution >= 4 is 42.0 Å². The van der Waals surface area contributed by atoms with E-state index in [2.05, 4.69) is 45.3 Å². The third-order valence-electron chi connectivity index (χ3n) is 4.25. The molecule has 0 radical (unpaired) electrons. The van der Waals surface area contributed by atoms with E-state index in [0.29, 0.717) is 0 Å². The van der Waals surface area contributed by atoms with E-state index in [4.69, 9.17) is 18.1 Å². The zero-order chi connectivity index (χ0) is 22.1. The molecule has 0 saturated heterocycles. The van der Waals surface area contributed by atoms with Gasteiger partial charge in [0.2, 0.25) is 0 Å². The maximum atomic E-state index is 5.84. The van der Waals surface area contributed by atoms with Crippen molar-refractivity contribution in [3.05, 3.63) is 91.0 Å². The summed E-state index contributed by atoms with van der Waals surface area (Å²) in [7, 11) is 2.68. The van der Waals surface area contributed by atoms with Gasteiger partial charge in [-0.25, -0.2) is 0 Å². The van der Waals surface area contributed by atoms with E-state index in [0.717, 1.165) is 16.7 Å². The number of para-hydroxylation sites is 2. The molecule has 0 fully saturated rings. The van der Waals surface area contributed by atoms with Gasteiger partial charge in [-0.05, 0) is 24.3 Å². The molecule has 0 bridgehead atoms. The average Bonchev–Trinajstić information content (AvgIpc) is 2.85. The number of hydrogen-bond acceptors (Lipinski definition) is 6. The lowest BCUT2D eigenvalue weighted by molar-refractivity contribution is 0.341. The van der Waals surface area contributed by atoms with Crippen molar-refractivity contribution in [3.8, 4) is 0 Å². The summed E-state index contributed by atoms with van der Waals surface area (Å²) in [5.74, 6) is 0. The van der Waals surface area contributed by atoms with E-state index < -0.39 is 25.3 Å². The molecular formula is C22H27N2O4P3. The van der Waals surface area contributed by atoms with Crippen LogP contribution in [0.3, 0.4) is 0 Å². The van der Waals surface area contributed by atoms with E-state index in [9.17, 15) is 0 Å². The molecule has 0 unspecified atom stereocenters. The van der Waals surface area contributed by atoms with Crippen LogP contribution >= 0.6 is 25.3 Å². The lowest BCUT2D eigenvalue weighted by atomic mass is 10.3. The highest BCUT2D eigenvalue weighted by Gasteiger charge is 2.39. The molecule has 0 aliphatic rings. The first-order chi connectivity index (χ1) is 15.2. The molecule has 0 aliphatic carbocycles. The zero-order valence-corrected chi connectivity index (χ0v) is 20.7. The third kappa shape index (κ3) is 5.80. The van der Waals surface area contributed by atoms with Crippen LogP contribution in [0.25, 0.3) is 0 Å². The first-order valence-electron chi connectivity index (χ1n) is 9.57. The molecule has 3 rings (SSSR count). The SMILES string of the molecule is COP(OC)N(c1ccccc1)P(c1ccccc1)N(c1ccccc1)P(OC)OC.